The van der Waals surface area contributed by atoms with E-state index in [0.717, 1.165) is 67.1 Å². The Morgan fingerprint density at radius 2 is 1.75 bits per heavy atom. The molecule has 1 aliphatic heterocycles. The van der Waals surface area contributed by atoms with E-state index in [-0.39, 0.29) is 0 Å². The highest BCUT2D eigenvalue weighted by molar-refractivity contribution is 5.80. The van der Waals surface area contributed by atoms with Gasteiger partial charge in [-0.05, 0) is 30.9 Å². The molecular weight excluding hydrogens is 348 g/mol. The van der Waals surface area contributed by atoms with E-state index in [4.69, 9.17) is 4.98 Å². The Balaban J connectivity index is 1.47. The van der Waals surface area contributed by atoms with Gasteiger partial charge in [0.1, 0.15) is 5.69 Å². The molecule has 146 valence electrons. The normalized spacial score (nSPS) is 18.3. The van der Waals surface area contributed by atoms with Gasteiger partial charge < -0.3 is 4.90 Å². The van der Waals surface area contributed by atoms with Crippen molar-refractivity contribution in [3.05, 3.63) is 36.4 Å². The van der Waals surface area contributed by atoms with E-state index in [2.05, 4.69) is 62.7 Å². The number of fused-ring (bicyclic) bond motifs is 1. The first-order chi connectivity index (χ1) is 13.7. The average molecular weight is 377 g/mol. The molecule has 1 aromatic carbocycles. The third-order valence-corrected chi connectivity index (χ3v) is 5.77. The summed E-state index contributed by atoms with van der Waals surface area (Å²) in [4.78, 5) is 9.90. The fraction of sp³-hybridized carbons (Fsp3) is 0.500. The molecule has 5 rings (SSSR count). The van der Waals surface area contributed by atoms with Crippen LogP contribution in [0.2, 0.25) is 0 Å². The van der Waals surface area contributed by atoms with Crippen molar-refractivity contribution in [3.63, 3.8) is 0 Å². The Kier molecular flexibility index (Phi) is 4.51. The lowest BCUT2D eigenvalue weighted by Crippen LogP contribution is -2.48. The van der Waals surface area contributed by atoms with Gasteiger partial charge in [-0.3, -0.25) is 9.47 Å². The van der Waals surface area contributed by atoms with Gasteiger partial charge in [-0.15, -0.1) is 10.2 Å². The zero-order valence-corrected chi connectivity index (χ0v) is 16.8. The quantitative estimate of drug-likeness (QED) is 0.683. The fourth-order valence-electron chi connectivity index (χ4n) is 4.17. The number of aromatic nitrogens is 4. The molecule has 0 N–H and O–H groups in total. The maximum Gasteiger partial charge on any atom is 0.227 e. The van der Waals surface area contributed by atoms with E-state index in [1.54, 1.807) is 0 Å². The molecule has 28 heavy (non-hydrogen) atoms. The Bertz CT molecular complexity index is 966. The maximum absolute atomic E-state index is 4.87. The highest BCUT2D eigenvalue weighted by Crippen LogP contribution is 2.29. The minimum absolute atomic E-state index is 0.515. The second-order valence-electron chi connectivity index (χ2n) is 8.47. The summed E-state index contributed by atoms with van der Waals surface area (Å²) in [6.45, 7) is 9.69. The van der Waals surface area contributed by atoms with Crippen LogP contribution in [0.3, 0.4) is 0 Å². The van der Waals surface area contributed by atoms with Gasteiger partial charge in [0, 0.05) is 44.2 Å². The summed E-state index contributed by atoms with van der Waals surface area (Å²) in [5.74, 6) is 2.38. The van der Waals surface area contributed by atoms with Crippen LogP contribution in [0, 0.1) is 5.92 Å². The van der Waals surface area contributed by atoms with E-state index < -0.39 is 0 Å². The van der Waals surface area contributed by atoms with Gasteiger partial charge in [0.15, 0.2) is 5.82 Å². The lowest BCUT2D eigenvalue weighted by atomic mass is 10.2. The Labute approximate surface area is 166 Å². The van der Waals surface area contributed by atoms with Crippen LogP contribution in [0.1, 0.15) is 26.7 Å². The Hall–Kier alpha value is -2.47. The van der Waals surface area contributed by atoms with Crippen LogP contribution < -0.4 is 4.90 Å². The fourth-order valence-corrected chi connectivity index (χ4v) is 4.17. The summed E-state index contributed by atoms with van der Waals surface area (Å²) in [6.07, 6.45) is 2.75. The molecule has 1 saturated carbocycles. The number of hydrogen-bond acceptors (Lipinski definition) is 5. The summed E-state index contributed by atoms with van der Waals surface area (Å²) < 4.78 is 2.27. The minimum atomic E-state index is 0.515. The molecule has 0 atom stereocenters. The van der Waals surface area contributed by atoms with Gasteiger partial charge >= 0.3 is 0 Å². The second kappa shape index (κ2) is 7.17. The highest BCUT2D eigenvalue weighted by atomic mass is 15.4. The predicted molar refractivity (Wildman–Crippen MR) is 112 cm³/mol. The van der Waals surface area contributed by atoms with Crippen molar-refractivity contribution in [1.29, 1.82) is 0 Å². The van der Waals surface area contributed by atoms with Crippen molar-refractivity contribution >= 4 is 16.9 Å². The smallest absolute Gasteiger partial charge is 0.227 e. The highest BCUT2D eigenvalue weighted by Gasteiger charge is 2.32. The summed E-state index contributed by atoms with van der Waals surface area (Å²) in [6, 6.07) is 13.3. The lowest BCUT2D eigenvalue weighted by molar-refractivity contribution is 0.246. The summed E-state index contributed by atoms with van der Waals surface area (Å²) >= 11 is 0. The van der Waals surface area contributed by atoms with Crippen molar-refractivity contribution in [2.75, 3.05) is 31.1 Å². The van der Waals surface area contributed by atoms with Crippen LogP contribution in [0.5, 0.6) is 0 Å². The van der Waals surface area contributed by atoms with E-state index in [1.807, 2.05) is 12.1 Å². The molecule has 2 aromatic heterocycles. The summed E-state index contributed by atoms with van der Waals surface area (Å²) in [5, 5.41) is 10.3. The first-order valence-electron chi connectivity index (χ1n) is 10.5. The van der Waals surface area contributed by atoms with E-state index in [1.165, 1.54) is 12.8 Å². The SMILES string of the molecule is CC(C)Cn1c(-c2ccc3ccccc3n2)nnc1N1CCN(C2CC2)CC1. The van der Waals surface area contributed by atoms with E-state index in [0.29, 0.717) is 5.92 Å². The number of hydrogen-bond donors (Lipinski definition) is 0. The van der Waals surface area contributed by atoms with Gasteiger partial charge in [0.25, 0.3) is 0 Å². The van der Waals surface area contributed by atoms with Gasteiger partial charge in [-0.25, -0.2) is 4.98 Å². The molecule has 1 saturated heterocycles. The van der Waals surface area contributed by atoms with Gasteiger partial charge in [-0.2, -0.15) is 0 Å². The van der Waals surface area contributed by atoms with Crippen LogP contribution in [0.4, 0.5) is 5.95 Å². The first-order valence-corrected chi connectivity index (χ1v) is 10.5. The number of rotatable bonds is 5. The molecule has 2 fully saturated rings. The number of anilines is 1. The molecule has 0 unspecified atom stereocenters. The molecule has 0 bridgehead atoms. The largest absolute Gasteiger partial charge is 0.338 e. The van der Waals surface area contributed by atoms with Crippen LogP contribution in [-0.2, 0) is 6.54 Å². The number of pyridine rings is 1. The number of piperazine rings is 1. The molecular formula is C22H28N6. The van der Waals surface area contributed by atoms with Crippen LogP contribution in [0.15, 0.2) is 36.4 Å². The minimum Gasteiger partial charge on any atom is -0.338 e. The molecule has 3 aromatic rings. The maximum atomic E-state index is 4.87. The zero-order valence-electron chi connectivity index (χ0n) is 16.8. The molecule has 6 nitrogen and oxygen atoms in total. The lowest BCUT2D eigenvalue weighted by Gasteiger charge is -2.35. The zero-order chi connectivity index (χ0) is 19.1. The Morgan fingerprint density at radius 1 is 0.964 bits per heavy atom. The molecule has 6 heteroatoms. The van der Waals surface area contributed by atoms with Crippen molar-refractivity contribution < 1.29 is 0 Å². The van der Waals surface area contributed by atoms with E-state index in [9.17, 15) is 0 Å². The molecule has 1 aliphatic carbocycles. The second-order valence-corrected chi connectivity index (χ2v) is 8.47. The molecule has 0 amide bonds. The van der Waals surface area contributed by atoms with Gasteiger partial charge in [-0.1, -0.05) is 38.1 Å². The predicted octanol–water partition coefficient (Wildman–Crippen LogP) is 3.43. The summed E-state index contributed by atoms with van der Waals surface area (Å²) in [7, 11) is 0. The first kappa shape index (κ1) is 17.6. The van der Waals surface area contributed by atoms with Crippen molar-refractivity contribution in [2.24, 2.45) is 5.92 Å². The van der Waals surface area contributed by atoms with Crippen molar-refractivity contribution in [1.82, 2.24) is 24.6 Å². The van der Waals surface area contributed by atoms with Crippen LogP contribution >= 0.6 is 0 Å². The number of benzene rings is 1. The summed E-state index contributed by atoms with van der Waals surface area (Å²) in [5.41, 5.74) is 1.90. The topological polar surface area (TPSA) is 50.1 Å². The number of para-hydroxylation sites is 1. The standard InChI is InChI=1S/C22H28N6/c1-16(2)15-28-21(20-10-7-17-5-3-4-6-19(17)23-20)24-25-22(28)27-13-11-26(12-14-27)18-8-9-18/h3-7,10,16,18H,8-9,11-15H2,1-2H3. The Morgan fingerprint density at radius 3 is 2.50 bits per heavy atom. The molecule has 0 spiro atoms. The van der Waals surface area contributed by atoms with Crippen molar-refractivity contribution in [3.8, 4) is 11.5 Å². The van der Waals surface area contributed by atoms with Crippen LogP contribution in [0.25, 0.3) is 22.4 Å². The van der Waals surface area contributed by atoms with E-state index >= 15 is 0 Å². The van der Waals surface area contributed by atoms with Crippen LogP contribution in [-0.4, -0.2) is 56.9 Å². The van der Waals surface area contributed by atoms with Crippen molar-refractivity contribution in [2.45, 2.75) is 39.3 Å². The molecule has 3 heterocycles. The monoisotopic (exact) mass is 376 g/mol. The molecule has 0 radical (unpaired) electrons. The average Bonchev–Trinajstić information content (AvgIpc) is 3.49. The van der Waals surface area contributed by atoms with Gasteiger partial charge in [0.05, 0.1) is 5.52 Å². The molecule has 2 aliphatic rings. The van der Waals surface area contributed by atoms with Gasteiger partial charge in [0.2, 0.25) is 5.95 Å². The number of nitrogens with zero attached hydrogens (tertiary/aromatic N) is 6. The third-order valence-electron chi connectivity index (χ3n) is 5.77. The third kappa shape index (κ3) is 3.37.